The van der Waals surface area contributed by atoms with Crippen LogP contribution in [0.1, 0.15) is 84.5 Å². The molecule has 0 aliphatic carbocycles. The van der Waals surface area contributed by atoms with Gasteiger partial charge in [-0.3, -0.25) is 33.7 Å². The van der Waals surface area contributed by atoms with Crippen LogP contribution in [0.5, 0.6) is 0 Å². The number of aromatic amines is 1. The first kappa shape index (κ1) is 40.2. The van der Waals surface area contributed by atoms with Crippen molar-refractivity contribution in [2.45, 2.75) is 129 Å². The topological polar surface area (TPSA) is 185 Å². The van der Waals surface area contributed by atoms with Gasteiger partial charge in [-0.2, -0.15) is 0 Å². The van der Waals surface area contributed by atoms with Crippen molar-refractivity contribution in [3.8, 4) is 0 Å². The Labute approximate surface area is 306 Å². The molecule has 0 radical (unpaired) electrons. The number of nitrogens with one attached hydrogen (secondary N) is 5. The molecule has 5 rings (SSSR count). The molecule has 0 saturated carbocycles. The lowest BCUT2D eigenvalue weighted by atomic mass is 9.89. The molecule has 5 N–H and O–H groups in total. The van der Waals surface area contributed by atoms with Crippen LogP contribution in [0, 0.1) is 12.8 Å². The van der Waals surface area contributed by atoms with Crippen molar-refractivity contribution < 1.29 is 28.8 Å². The standard InChI is InChI=1S/C37H52N8O6.CH4/c1-7-27-31-32(35(50)43-37(4,5)6)44-14-8-9-28(44)34(49)39-19-30(47)42-26(17-25-18-38-20-40-25)29(46)16-24(15-23-12-10-21(2)11-13-23)33(48)41-22(3)36(51)45(27)31;/h10-13,18,20,22,24,26-28,31-32H,7-9,14-17,19H2,1-6H3,(H,38,40)(H,39,49)(H,41,48)(H,42,47)(H,43,50);1H4/t22-,24+,26-,27+,28-,31-,32+,45?;/m0./s1. The monoisotopic (exact) mass is 720 g/mol. The average molecular weight is 721 g/mol. The number of carbonyl (C=O) groups excluding carboxylic acids is 6. The molecule has 14 nitrogen and oxygen atoms in total. The number of rotatable bonds is 6. The van der Waals surface area contributed by atoms with Crippen molar-refractivity contribution in [3.05, 3.63) is 53.6 Å². The minimum atomic E-state index is -1.02. The van der Waals surface area contributed by atoms with Crippen LogP contribution in [0.2, 0.25) is 0 Å². The number of fused-ring (bicyclic) bond motifs is 2. The highest BCUT2D eigenvalue weighted by atomic mass is 16.2. The van der Waals surface area contributed by atoms with Gasteiger partial charge in [-0.1, -0.05) is 44.2 Å². The summed E-state index contributed by atoms with van der Waals surface area (Å²) in [5.41, 5.74) is 1.93. The van der Waals surface area contributed by atoms with Gasteiger partial charge in [0, 0.05) is 36.2 Å². The molecule has 0 unspecified atom stereocenters. The molecule has 5 amide bonds. The zero-order valence-corrected chi connectivity index (χ0v) is 30.5. The third-order valence-corrected chi connectivity index (χ3v) is 9.98. The van der Waals surface area contributed by atoms with Gasteiger partial charge < -0.3 is 31.2 Å². The van der Waals surface area contributed by atoms with E-state index in [-0.39, 0.29) is 56.9 Å². The lowest BCUT2D eigenvalue weighted by Crippen LogP contribution is -2.59. The number of imidazole rings is 1. The van der Waals surface area contributed by atoms with Crippen LogP contribution in [-0.4, -0.2) is 110 Å². The number of aromatic nitrogens is 2. The van der Waals surface area contributed by atoms with Crippen molar-refractivity contribution in [3.63, 3.8) is 0 Å². The second-order valence-electron chi connectivity index (χ2n) is 15.2. The van der Waals surface area contributed by atoms with Gasteiger partial charge in [-0.05, 0) is 72.4 Å². The van der Waals surface area contributed by atoms with E-state index in [9.17, 15) is 28.8 Å². The Morgan fingerprint density at radius 3 is 2.37 bits per heavy atom. The fourth-order valence-corrected chi connectivity index (χ4v) is 7.42. The molecule has 3 saturated heterocycles. The maximum Gasteiger partial charge on any atom is 0.245 e. The maximum absolute atomic E-state index is 14.1. The lowest BCUT2D eigenvalue weighted by Gasteiger charge is -2.34. The molecule has 0 spiro atoms. The van der Waals surface area contributed by atoms with Gasteiger partial charge in [0.2, 0.25) is 29.5 Å². The largest absolute Gasteiger partial charge is 0.350 e. The highest BCUT2D eigenvalue weighted by molar-refractivity contribution is 5.96. The first-order valence-electron chi connectivity index (χ1n) is 18.0. The van der Waals surface area contributed by atoms with Gasteiger partial charge in [0.15, 0.2) is 5.78 Å². The quantitative estimate of drug-likeness (QED) is 0.279. The van der Waals surface area contributed by atoms with Crippen molar-refractivity contribution in [1.29, 1.82) is 0 Å². The first-order chi connectivity index (χ1) is 24.2. The minimum absolute atomic E-state index is 0. The molecule has 1 aromatic heterocycles. The van der Waals surface area contributed by atoms with Crippen LogP contribution in [0.4, 0.5) is 0 Å². The van der Waals surface area contributed by atoms with Gasteiger partial charge in [0.25, 0.3) is 0 Å². The first-order valence-corrected chi connectivity index (χ1v) is 18.0. The van der Waals surface area contributed by atoms with Crippen molar-refractivity contribution >= 4 is 35.3 Å². The number of hydrogen-bond acceptors (Lipinski definition) is 8. The third kappa shape index (κ3) is 9.64. The number of H-pyrrole nitrogens is 1. The smallest absolute Gasteiger partial charge is 0.245 e. The molecule has 0 bridgehead atoms. The average Bonchev–Trinajstić information content (AvgIpc) is 3.35. The molecule has 284 valence electrons. The Morgan fingerprint density at radius 2 is 1.73 bits per heavy atom. The van der Waals surface area contributed by atoms with E-state index in [2.05, 4.69) is 31.2 Å². The number of benzene rings is 1. The molecule has 52 heavy (non-hydrogen) atoms. The number of ketones is 1. The Kier molecular flexibility index (Phi) is 13.0. The van der Waals surface area contributed by atoms with E-state index in [4.69, 9.17) is 0 Å². The van der Waals surface area contributed by atoms with Crippen LogP contribution in [0.25, 0.3) is 0 Å². The molecular formula is C38H56N8O6. The number of carbonyl (C=O) groups is 6. The number of aryl methyl sites for hydroxylation is 1. The fourth-order valence-electron chi connectivity index (χ4n) is 7.42. The summed E-state index contributed by atoms with van der Waals surface area (Å²) in [7, 11) is 0. The van der Waals surface area contributed by atoms with E-state index in [0.29, 0.717) is 31.5 Å². The highest BCUT2D eigenvalue weighted by Crippen LogP contribution is 2.39. The number of amides is 5. The molecule has 3 aliphatic heterocycles. The normalized spacial score (nSPS) is 27.9. The molecule has 3 fully saturated rings. The minimum Gasteiger partial charge on any atom is -0.350 e. The van der Waals surface area contributed by atoms with Crippen molar-refractivity contribution in [2.75, 3.05) is 13.1 Å². The summed E-state index contributed by atoms with van der Waals surface area (Å²) >= 11 is 0. The molecular weight excluding hydrogens is 664 g/mol. The zero-order valence-electron chi connectivity index (χ0n) is 30.5. The summed E-state index contributed by atoms with van der Waals surface area (Å²) in [6.07, 6.45) is 4.85. The summed E-state index contributed by atoms with van der Waals surface area (Å²) in [6, 6.07) is 3.38. The van der Waals surface area contributed by atoms with E-state index in [1.54, 1.807) is 18.0 Å². The Balaban J connectivity index is 0.00000605. The second kappa shape index (κ2) is 16.8. The molecule has 3 aliphatic rings. The molecule has 4 heterocycles. The number of hydrogen-bond donors (Lipinski definition) is 5. The Hall–Kier alpha value is -4.59. The molecule has 2 aromatic rings. The van der Waals surface area contributed by atoms with Crippen LogP contribution >= 0.6 is 0 Å². The van der Waals surface area contributed by atoms with E-state index in [1.807, 2.05) is 63.8 Å². The highest BCUT2D eigenvalue weighted by Gasteiger charge is 2.60. The summed E-state index contributed by atoms with van der Waals surface area (Å²) in [6.45, 7) is 11.2. The number of nitrogens with zero attached hydrogens (tertiary/aromatic N) is 3. The molecule has 14 heteroatoms. The number of Topliss-reactive ketones (excluding diaryl/α,β-unsaturated/α-hetero) is 1. The van der Waals surface area contributed by atoms with Crippen LogP contribution < -0.4 is 21.3 Å². The van der Waals surface area contributed by atoms with E-state index in [0.717, 1.165) is 11.1 Å². The summed E-state index contributed by atoms with van der Waals surface area (Å²) < 4.78 is 0. The third-order valence-electron chi connectivity index (χ3n) is 9.98. The van der Waals surface area contributed by atoms with E-state index in [1.165, 1.54) is 6.33 Å². The lowest BCUT2D eigenvalue weighted by molar-refractivity contribution is -0.137. The van der Waals surface area contributed by atoms with Gasteiger partial charge in [0.05, 0.1) is 37.0 Å². The summed E-state index contributed by atoms with van der Waals surface area (Å²) in [5.74, 6) is -3.27. The predicted octanol–water partition coefficient (Wildman–Crippen LogP) is 1.57. The SMILES string of the molecule is C.CC[C@@H]1[C@H]2[C@H](C(=O)NC(C)(C)C)N3CCC[C@H]3C(=O)NCC(=O)N[C@@H](Cc3cnc[nH]3)C(=O)C[C@@H](Cc3ccc(C)cc3)C(=O)N[C@@H](C)C(=O)N21. The van der Waals surface area contributed by atoms with Crippen LogP contribution in [0.3, 0.4) is 0 Å². The van der Waals surface area contributed by atoms with Gasteiger partial charge in [-0.15, -0.1) is 0 Å². The second-order valence-corrected chi connectivity index (χ2v) is 15.2. The Bertz CT molecular complexity index is 1600. The van der Waals surface area contributed by atoms with Crippen molar-refractivity contribution in [1.82, 2.24) is 41.0 Å². The van der Waals surface area contributed by atoms with Gasteiger partial charge >= 0.3 is 0 Å². The maximum atomic E-state index is 14.1. The van der Waals surface area contributed by atoms with E-state index < -0.39 is 59.4 Å². The van der Waals surface area contributed by atoms with E-state index >= 15 is 0 Å². The Morgan fingerprint density at radius 1 is 1.02 bits per heavy atom. The van der Waals surface area contributed by atoms with Crippen molar-refractivity contribution in [2.24, 2.45) is 5.92 Å². The fraction of sp³-hybridized carbons (Fsp3) is 0.605. The molecule has 7 atom stereocenters. The van der Waals surface area contributed by atoms with Crippen LogP contribution in [-0.2, 0) is 41.6 Å². The van der Waals surface area contributed by atoms with Crippen LogP contribution in [0.15, 0.2) is 36.8 Å². The van der Waals surface area contributed by atoms with Gasteiger partial charge in [0.1, 0.15) is 12.1 Å². The van der Waals surface area contributed by atoms with Gasteiger partial charge in [-0.25, -0.2) is 4.98 Å². The summed E-state index contributed by atoms with van der Waals surface area (Å²) in [4.78, 5) is 93.5. The zero-order chi connectivity index (χ0) is 37.0. The molecule has 1 aromatic carbocycles. The predicted molar refractivity (Wildman–Crippen MR) is 196 cm³/mol. The summed E-state index contributed by atoms with van der Waals surface area (Å²) in [5, 5.41) is 11.4.